The van der Waals surface area contributed by atoms with Gasteiger partial charge in [-0.15, -0.1) is 0 Å². The van der Waals surface area contributed by atoms with Crippen molar-refractivity contribution in [1.29, 1.82) is 0 Å². The predicted molar refractivity (Wildman–Crippen MR) is 164 cm³/mol. The lowest BCUT2D eigenvalue weighted by Gasteiger charge is -2.34. The number of rotatable bonds is 10. The number of anilines is 3. The first-order valence-electron chi connectivity index (χ1n) is 14.8. The molecule has 4 aromatic rings. The van der Waals surface area contributed by atoms with E-state index in [1.807, 2.05) is 6.92 Å². The quantitative estimate of drug-likeness (QED) is 0.205. The summed E-state index contributed by atoms with van der Waals surface area (Å²) < 4.78 is 70.9. The van der Waals surface area contributed by atoms with Gasteiger partial charge in [-0.25, -0.2) is 23.4 Å². The molecule has 2 saturated carbocycles. The lowest BCUT2D eigenvalue weighted by molar-refractivity contribution is -0.216. The lowest BCUT2D eigenvalue weighted by Crippen LogP contribution is -2.35. The minimum Gasteiger partial charge on any atom is -0.390 e. The van der Waals surface area contributed by atoms with Gasteiger partial charge in [0.05, 0.1) is 34.5 Å². The fourth-order valence-corrected chi connectivity index (χ4v) is 6.88. The van der Waals surface area contributed by atoms with Gasteiger partial charge in [-0.05, 0) is 57.6 Å². The first-order valence-corrected chi connectivity index (χ1v) is 16.3. The van der Waals surface area contributed by atoms with E-state index in [1.165, 1.54) is 30.7 Å². The van der Waals surface area contributed by atoms with Crippen LogP contribution in [0.3, 0.4) is 0 Å². The van der Waals surface area contributed by atoms with Crippen LogP contribution < -0.4 is 10.6 Å². The number of methoxy groups -OCH3 is 1. The second-order valence-corrected chi connectivity index (χ2v) is 14.0. The highest BCUT2D eigenvalue weighted by Gasteiger charge is 2.41. The number of ether oxygens (including phenoxy) is 1. The van der Waals surface area contributed by atoms with E-state index >= 15 is 0 Å². The van der Waals surface area contributed by atoms with Gasteiger partial charge in [0.15, 0.2) is 11.9 Å². The van der Waals surface area contributed by atoms with Crippen LogP contribution in [-0.4, -0.2) is 72.8 Å². The summed E-state index contributed by atoms with van der Waals surface area (Å²) in [6, 6.07) is 6.25. The average molecular weight is 659 g/mol. The molecular formula is C30H33F3N8O4S. The molecule has 0 aliphatic heterocycles. The summed E-state index contributed by atoms with van der Waals surface area (Å²) in [5.74, 6) is 1.07. The van der Waals surface area contributed by atoms with E-state index in [0.29, 0.717) is 72.7 Å². The van der Waals surface area contributed by atoms with Gasteiger partial charge in [0.1, 0.15) is 11.6 Å². The molecule has 2 aliphatic rings. The van der Waals surface area contributed by atoms with Crippen molar-refractivity contribution < 1.29 is 31.4 Å². The highest BCUT2D eigenvalue weighted by molar-refractivity contribution is 7.90. The molecular weight excluding hydrogens is 625 g/mol. The normalized spacial score (nSPS) is 21.1. The van der Waals surface area contributed by atoms with Crippen LogP contribution >= 0.6 is 0 Å². The number of halogens is 3. The number of nitrogens with one attached hydrogen (secondary N) is 2. The van der Waals surface area contributed by atoms with Crippen LogP contribution in [0.4, 0.5) is 30.5 Å². The highest BCUT2D eigenvalue weighted by atomic mass is 32.2. The molecule has 0 radical (unpaired) electrons. The maximum absolute atomic E-state index is 13.4. The summed E-state index contributed by atoms with van der Waals surface area (Å²) in [5, 5.41) is 20.7. The van der Waals surface area contributed by atoms with E-state index in [4.69, 9.17) is 0 Å². The summed E-state index contributed by atoms with van der Waals surface area (Å²) in [7, 11) is -2.54. The first kappa shape index (κ1) is 31.8. The third kappa shape index (κ3) is 6.98. The molecule has 0 saturated heterocycles. The van der Waals surface area contributed by atoms with Crippen LogP contribution in [0, 0.1) is 0 Å². The van der Waals surface area contributed by atoms with Crippen LogP contribution in [0.1, 0.15) is 57.1 Å². The molecule has 1 atom stereocenters. The number of hydrogen-bond acceptors (Lipinski definition) is 11. The van der Waals surface area contributed by atoms with Crippen LogP contribution in [0.25, 0.3) is 22.6 Å². The summed E-state index contributed by atoms with van der Waals surface area (Å²) in [4.78, 5) is 17.6. The zero-order chi connectivity index (χ0) is 32.7. The van der Waals surface area contributed by atoms with Crippen LogP contribution in [0.5, 0.6) is 0 Å². The maximum atomic E-state index is 13.4. The Balaban J connectivity index is 1.27. The number of alkyl halides is 3. The van der Waals surface area contributed by atoms with Crippen molar-refractivity contribution in [2.24, 2.45) is 0 Å². The van der Waals surface area contributed by atoms with Gasteiger partial charge in [-0.2, -0.15) is 22.4 Å². The molecule has 0 amide bonds. The van der Waals surface area contributed by atoms with Gasteiger partial charge in [0.25, 0.3) is 10.0 Å². The van der Waals surface area contributed by atoms with Crippen molar-refractivity contribution >= 4 is 27.3 Å². The molecule has 0 aromatic carbocycles. The summed E-state index contributed by atoms with van der Waals surface area (Å²) in [5.41, 5.74) is 1.20. The molecule has 16 heteroatoms. The molecule has 3 N–H and O–H groups in total. The Morgan fingerprint density at radius 3 is 2.46 bits per heavy atom. The molecule has 4 heterocycles. The van der Waals surface area contributed by atoms with Crippen LogP contribution in [0.2, 0.25) is 0 Å². The zero-order valence-corrected chi connectivity index (χ0v) is 25.9. The molecule has 0 spiro atoms. The molecule has 2 fully saturated rings. The van der Waals surface area contributed by atoms with Crippen LogP contribution in [-0.2, 0) is 14.8 Å². The smallest absolute Gasteiger partial charge is 0.390 e. The Morgan fingerprint density at radius 2 is 1.80 bits per heavy atom. The third-order valence-corrected chi connectivity index (χ3v) is 10.2. The van der Waals surface area contributed by atoms with E-state index in [2.05, 4.69) is 40.4 Å². The van der Waals surface area contributed by atoms with Crippen molar-refractivity contribution in [3.8, 4) is 22.6 Å². The molecule has 244 valence electrons. The standard InChI is InChI=1S/C30H33F3N8O4S/c1-29(42)10-7-20(8-11-29)38-24-13-26(36-16-22(24)23-6-3-18(14-35-23)27(45-2)30(31,32)33)39-25-9-12-34-28(40-25)19-15-37-41(17-19)46(43,44)21-4-5-21/h3,6,9,12-17,20-21,27,42H,4-5,7-8,10-11H2,1-2H3,(H2,34,36,38,39,40). The minimum atomic E-state index is -4.59. The Morgan fingerprint density at radius 1 is 1.04 bits per heavy atom. The van der Waals surface area contributed by atoms with E-state index in [-0.39, 0.29) is 17.4 Å². The molecule has 46 heavy (non-hydrogen) atoms. The Bertz CT molecular complexity index is 1800. The predicted octanol–water partition coefficient (Wildman–Crippen LogP) is 5.24. The highest BCUT2D eigenvalue weighted by Crippen LogP contribution is 2.37. The fourth-order valence-electron chi connectivity index (χ4n) is 5.41. The minimum absolute atomic E-state index is 0.0331. The third-order valence-electron chi connectivity index (χ3n) is 8.16. The van der Waals surface area contributed by atoms with E-state index in [9.17, 15) is 26.7 Å². The van der Waals surface area contributed by atoms with E-state index < -0.39 is 33.2 Å². The van der Waals surface area contributed by atoms with E-state index in [1.54, 1.807) is 18.3 Å². The fraction of sp³-hybridized carbons (Fsp3) is 0.433. The first-order chi connectivity index (χ1) is 21.8. The maximum Gasteiger partial charge on any atom is 0.418 e. The van der Waals surface area contributed by atoms with Crippen molar-refractivity contribution in [1.82, 2.24) is 29.1 Å². The van der Waals surface area contributed by atoms with Gasteiger partial charge >= 0.3 is 6.18 Å². The number of nitrogens with zero attached hydrogens (tertiary/aromatic N) is 6. The van der Waals surface area contributed by atoms with Crippen molar-refractivity contribution in [3.63, 3.8) is 0 Å². The number of aliphatic hydroxyl groups is 1. The average Bonchev–Trinajstić information content (AvgIpc) is 3.76. The Labute approximate surface area is 263 Å². The Kier molecular flexibility index (Phi) is 8.45. The Hall–Kier alpha value is -4.15. The topological polar surface area (TPSA) is 157 Å². The van der Waals surface area contributed by atoms with Crippen molar-refractivity contribution in [2.75, 3.05) is 17.7 Å². The van der Waals surface area contributed by atoms with Gasteiger partial charge < -0.3 is 20.5 Å². The second kappa shape index (κ2) is 12.2. The summed E-state index contributed by atoms with van der Waals surface area (Å²) >= 11 is 0. The molecule has 2 aliphatic carbocycles. The molecule has 0 bridgehead atoms. The van der Waals surface area contributed by atoms with Crippen LogP contribution in [0.15, 0.2) is 55.2 Å². The molecule has 6 rings (SSSR count). The number of hydrogen-bond donors (Lipinski definition) is 3. The molecule has 1 unspecified atom stereocenters. The van der Waals surface area contributed by atoms with Crippen molar-refractivity contribution in [2.45, 2.75) is 74.6 Å². The SMILES string of the molecule is COC(c1ccc(-c2cnc(Nc3ccnc(-c4cnn(S(=O)(=O)C5CC5)c4)n3)cc2NC2CCC(C)(O)CC2)nc1)C(F)(F)F. The number of aromatic nitrogens is 6. The second-order valence-electron chi connectivity index (χ2n) is 11.9. The molecule has 4 aromatic heterocycles. The number of pyridine rings is 2. The lowest BCUT2D eigenvalue weighted by atomic mass is 9.83. The van der Waals surface area contributed by atoms with Gasteiger partial charge in [-0.3, -0.25) is 4.98 Å². The van der Waals surface area contributed by atoms with Gasteiger partial charge in [0, 0.05) is 54.6 Å². The van der Waals surface area contributed by atoms with Gasteiger partial charge in [-0.1, -0.05) is 6.07 Å². The summed E-state index contributed by atoms with van der Waals surface area (Å²) in [6.45, 7) is 1.82. The van der Waals surface area contributed by atoms with Crippen molar-refractivity contribution in [3.05, 3.63) is 60.8 Å². The zero-order valence-electron chi connectivity index (χ0n) is 25.1. The van der Waals surface area contributed by atoms with E-state index in [0.717, 1.165) is 17.4 Å². The largest absolute Gasteiger partial charge is 0.418 e. The van der Waals surface area contributed by atoms with Gasteiger partial charge in [0.2, 0.25) is 0 Å². The molecule has 12 nitrogen and oxygen atoms in total. The monoisotopic (exact) mass is 658 g/mol. The summed E-state index contributed by atoms with van der Waals surface area (Å²) in [6.07, 6.45) is 4.23.